The predicted molar refractivity (Wildman–Crippen MR) is 99.3 cm³/mol. The van der Waals surface area contributed by atoms with E-state index in [1.54, 1.807) is 19.2 Å². The number of anilines is 1. The van der Waals surface area contributed by atoms with Crippen LogP contribution >= 0.6 is 0 Å². The second kappa shape index (κ2) is 8.35. The fourth-order valence-electron chi connectivity index (χ4n) is 2.59. The number of benzene rings is 2. The number of alkyl halides is 2. The number of rotatable bonds is 6. The van der Waals surface area contributed by atoms with Gasteiger partial charge in [0.2, 0.25) is 0 Å². The lowest BCUT2D eigenvalue weighted by Crippen LogP contribution is -2.30. The first-order chi connectivity index (χ1) is 13.0. The number of aromatic nitrogens is 1. The maximum absolute atomic E-state index is 12.4. The van der Waals surface area contributed by atoms with E-state index in [0.717, 1.165) is 11.3 Å². The van der Waals surface area contributed by atoms with E-state index in [9.17, 15) is 13.6 Å². The lowest BCUT2D eigenvalue weighted by molar-refractivity contribution is -0.0498. The van der Waals surface area contributed by atoms with Gasteiger partial charge in [-0.1, -0.05) is 18.2 Å². The predicted octanol–water partition coefficient (Wildman–Crippen LogP) is 4.74. The minimum Gasteiger partial charge on any atom is -0.435 e. The van der Waals surface area contributed by atoms with Crippen LogP contribution in [0.5, 0.6) is 5.75 Å². The average Bonchev–Trinajstić information content (AvgIpc) is 3.18. The molecule has 1 heterocycles. The molecule has 3 aromatic rings. The number of halogens is 2. The van der Waals surface area contributed by atoms with Crippen LogP contribution in [0.25, 0.3) is 5.69 Å². The molecule has 5 nitrogen and oxygen atoms in total. The number of nitrogens with zero attached hydrogens (tertiary/aromatic N) is 2. The molecular formula is C20H19F2N3O2. The van der Waals surface area contributed by atoms with Crippen molar-refractivity contribution in [3.05, 3.63) is 78.6 Å². The summed E-state index contributed by atoms with van der Waals surface area (Å²) in [5.41, 5.74) is 2.42. The van der Waals surface area contributed by atoms with Gasteiger partial charge in [-0.15, -0.1) is 0 Å². The van der Waals surface area contributed by atoms with Crippen molar-refractivity contribution in [2.45, 2.75) is 13.2 Å². The molecule has 0 saturated carbocycles. The lowest BCUT2D eigenvalue weighted by Gasteiger charge is -2.18. The van der Waals surface area contributed by atoms with E-state index in [2.05, 4.69) is 10.1 Å². The van der Waals surface area contributed by atoms with Crippen LogP contribution in [-0.2, 0) is 6.54 Å². The van der Waals surface area contributed by atoms with Crippen molar-refractivity contribution < 1.29 is 18.3 Å². The minimum absolute atomic E-state index is 0.0858. The number of hydrogen-bond donors (Lipinski definition) is 1. The number of carbonyl (C=O) groups is 1. The zero-order valence-corrected chi connectivity index (χ0v) is 14.7. The van der Waals surface area contributed by atoms with E-state index in [0.29, 0.717) is 12.2 Å². The van der Waals surface area contributed by atoms with E-state index in [4.69, 9.17) is 0 Å². The van der Waals surface area contributed by atoms with Crippen LogP contribution in [0.4, 0.5) is 19.3 Å². The highest BCUT2D eigenvalue weighted by molar-refractivity contribution is 5.89. The molecule has 3 rings (SSSR count). The number of nitrogens with one attached hydrogen (secondary N) is 1. The highest BCUT2D eigenvalue weighted by Gasteiger charge is 2.11. The summed E-state index contributed by atoms with van der Waals surface area (Å²) in [6.07, 6.45) is 3.85. The molecule has 1 aromatic heterocycles. The van der Waals surface area contributed by atoms with Crippen LogP contribution < -0.4 is 10.1 Å². The molecule has 2 amide bonds. The first-order valence-corrected chi connectivity index (χ1v) is 8.30. The molecule has 0 aliphatic rings. The first-order valence-electron chi connectivity index (χ1n) is 8.30. The molecule has 0 atom stereocenters. The summed E-state index contributed by atoms with van der Waals surface area (Å²) in [6.45, 7) is -2.52. The van der Waals surface area contributed by atoms with Crippen LogP contribution in [-0.4, -0.2) is 29.2 Å². The summed E-state index contributed by atoms with van der Waals surface area (Å²) in [4.78, 5) is 13.9. The van der Waals surface area contributed by atoms with Gasteiger partial charge in [-0.25, -0.2) is 4.79 Å². The summed E-state index contributed by atoms with van der Waals surface area (Å²) in [7, 11) is 1.66. The third-order valence-corrected chi connectivity index (χ3v) is 3.91. The smallest absolute Gasteiger partial charge is 0.387 e. The van der Waals surface area contributed by atoms with Crippen LogP contribution in [0.1, 0.15) is 5.56 Å². The zero-order chi connectivity index (χ0) is 19.2. The summed E-state index contributed by atoms with van der Waals surface area (Å²) < 4.78 is 30.6. The molecule has 0 aliphatic heterocycles. The van der Waals surface area contributed by atoms with Gasteiger partial charge in [0.1, 0.15) is 5.75 Å². The van der Waals surface area contributed by atoms with E-state index in [-0.39, 0.29) is 11.8 Å². The van der Waals surface area contributed by atoms with Crippen molar-refractivity contribution in [1.82, 2.24) is 9.47 Å². The van der Waals surface area contributed by atoms with E-state index in [1.165, 1.54) is 17.0 Å². The summed E-state index contributed by atoms with van der Waals surface area (Å²) in [5, 5.41) is 2.85. The van der Waals surface area contributed by atoms with E-state index >= 15 is 0 Å². The van der Waals surface area contributed by atoms with Gasteiger partial charge in [0.25, 0.3) is 0 Å². The maximum atomic E-state index is 12.4. The number of ether oxygens (including phenoxy) is 1. The van der Waals surface area contributed by atoms with Crippen LogP contribution in [0.15, 0.2) is 73.1 Å². The Morgan fingerprint density at radius 3 is 2.48 bits per heavy atom. The Morgan fingerprint density at radius 1 is 1.11 bits per heavy atom. The Hall–Kier alpha value is -3.35. The molecule has 0 saturated heterocycles. The second-order valence-electron chi connectivity index (χ2n) is 5.95. The first kappa shape index (κ1) is 18.4. The van der Waals surface area contributed by atoms with Crippen LogP contribution in [0.3, 0.4) is 0 Å². The van der Waals surface area contributed by atoms with Gasteiger partial charge in [0.15, 0.2) is 0 Å². The van der Waals surface area contributed by atoms with Gasteiger partial charge in [0.05, 0.1) is 0 Å². The monoisotopic (exact) mass is 371 g/mol. The molecule has 140 valence electrons. The highest BCUT2D eigenvalue weighted by Crippen LogP contribution is 2.17. The largest absolute Gasteiger partial charge is 0.435 e. The third-order valence-electron chi connectivity index (χ3n) is 3.91. The molecule has 0 radical (unpaired) electrons. The number of amides is 2. The molecule has 0 aliphatic carbocycles. The van der Waals surface area contributed by atoms with Crippen molar-refractivity contribution in [1.29, 1.82) is 0 Å². The summed E-state index contributed by atoms with van der Waals surface area (Å²) in [5.74, 6) is 0.0858. The molecule has 0 fully saturated rings. The zero-order valence-electron chi connectivity index (χ0n) is 14.7. The normalized spacial score (nSPS) is 10.7. The molecule has 0 bridgehead atoms. The SMILES string of the molecule is CN(Cc1ccc(OC(F)F)cc1)C(=O)Nc1cccc(-n2cccc2)c1. The Kier molecular flexibility index (Phi) is 5.71. The van der Waals surface area contributed by atoms with Crippen LogP contribution in [0, 0.1) is 0 Å². The standard InChI is InChI=1S/C20H19F2N3O2/c1-24(14-15-7-9-18(10-8-15)27-19(21)22)20(26)23-16-5-4-6-17(13-16)25-11-2-3-12-25/h2-13,19H,14H2,1H3,(H,23,26). The van der Waals surface area contributed by atoms with Gasteiger partial charge < -0.3 is 19.5 Å². The molecular weight excluding hydrogens is 352 g/mol. The quantitative estimate of drug-likeness (QED) is 0.680. The van der Waals surface area contributed by atoms with E-state index in [1.807, 2.05) is 53.4 Å². The Bertz CT molecular complexity index is 881. The summed E-state index contributed by atoms with van der Waals surface area (Å²) >= 11 is 0. The Balaban J connectivity index is 1.60. The highest BCUT2D eigenvalue weighted by atomic mass is 19.3. The Labute approximate surface area is 155 Å². The lowest BCUT2D eigenvalue weighted by atomic mass is 10.2. The number of carbonyl (C=O) groups excluding carboxylic acids is 1. The van der Waals surface area contributed by atoms with Gasteiger partial charge >= 0.3 is 12.6 Å². The van der Waals surface area contributed by atoms with Crippen molar-refractivity contribution in [3.8, 4) is 11.4 Å². The van der Waals surface area contributed by atoms with Crippen molar-refractivity contribution in [2.24, 2.45) is 0 Å². The molecule has 7 heteroatoms. The number of urea groups is 1. The fourth-order valence-corrected chi connectivity index (χ4v) is 2.59. The van der Waals surface area contributed by atoms with Crippen molar-refractivity contribution in [2.75, 3.05) is 12.4 Å². The number of hydrogen-bond acceptors (Lipinski definition) is 2. The van der Waals surface area contributed by atoms with Gasteiger partial charge in [0, 0.05) is 37.4 Å². The van der Waals surface area contributed by atoms with Gasteiger partial charge in [-0.3, -0.25) is 0 Å². The molecule has 0 spiro atoms. The van der Waals surface area contributed by atoms with Crippen LogP contribution in [0.2, 0.25) is 0 Å². The second-order valence-corrected chi connectivity index (χ2v) is 5.95. The topological polar surface area (TPSA) is 46.5 Å². The van der Waals surface area contributed by atoms with E-state index < -0.39 is 6.61 Å². The average molecular weight is 371 g/mol. The summed E-state index contributed by atoms with van der Waals surface area (Å²) in [6, 6.07) is 17.3. The molecule has 2 aromatic carbocycles. The van der Waals surface area contributed by atoms with Crippen molar-refractivity contribution >= 4 is 11.7 Å². The third kappa shape index (κ3) is 5.07. The molecule has 0 unspecified atom stereocenters. The van der Waals surface area contributed by atoms with Gasteiger partial charge in [-0.2, -0.15) is 8.78 Å². The maximum Gasteiger partial charge on any atom is 0.387 e. The fraction of sp³-hybridized carbons (Fsp3) is 0.150. The Morgan fingerprint density at radius 2 is 1.81 bits per heavy atom. The molecule has 27 heavy (non-hydrogen) atoms. The molecule has 1 N–H and O–H groups in total. The van der Waals surface area contributed by atoms with Gasteiger partial charge in [-0.05, 0) is 48.0 Å². The van der Waals surface area contributed by atoms with Crippen molar-refractivity contribution in [3.63, 3.8) is 0 Å². The minimum atomic E-state index is -2.85.